The topological polar surface area (TPSA) is 344 Å². The zero-order valence-electron chi connectivity index (χ0n) is 32.8. The lowest BCUT2D eigenvalue weighted by atomic mass is 9.99. The Morgan fingerprint density at radius 1 is 0.679 bits per heavy atom. The van der Waals surface area contributed by atoms with Crippen LogP contribution < -0.4 is 37.6 Å². The number of aliphatic carboxylic acids is 2. The Kier molecular flexibility index (Phi) is 20.7. The number of nitrogens with two attached hydrogens (primary N) is 1. The molecule has 1 heterocycles. The third-order valence-corrected chi connectivity index (χ3v) is 8.41. The van der Waals surface area contributed by atoms with Gasteiger partial charge >= 0.3 is 11.9 Å². The first-order valence-corrected chi connectivity index (χ1v) is 18.4. The standard InChI is InChI=1S/C35H59N9O12/c1-16(2)10-22(41-34(54)28(19(7)46)44-33(53)25(14-45)42-29(49)21(36)8-9-26(47)48)30(50)40-24(12-20-13-37-15-38-20)31(51)39-23(11-17(3)4)32(52)43-27(18(5)6)35(55)56/h13,15-19,21-25,27-28,45-46H,8-12,14,36H2,1-7H3,(H,37,38)(H,39,51)(H,40,50)(H,41,54)(H,42,49)(H,43,52)(H,44,53)(H,47,48)(H,55,56). The Hall–Kier alpha value is -5.15. The highest BCUT2D eigenvalue weighted by molar-refractivity contribution is 5.97. The van der Waals surface area contributed by atoms with Crippen molar-refractivity contribution in [3.63, 3.8) is 0 Å². The number of nitrogens with one attached hydrogen (secondary N) is 7. The fourth-order valence-electron chi connectivity index (χ4n) is 5.35. The normalized spacial score (nSPS) is 15.7. The monoisotopic (exact) mass is 797 g/mol. The summed E-state index contributed by atoms with van der Waals surface area (Å²) < 4.78 is 0. The minimum atomic E-state index is -1.71. The van der Waals surface area contributed by atoms with E-state index >= 15 is 0 Å². The highest BCUT2D eigenvalue weighted by Crippen LogP contribution is 2.11. The molecule has 0 radical (unpaired) electrons. The van der Waals surface area contributed by atoms with Crippen molar-refractivity contribution in [3.05, 3.63) is 18.2 Å². The first kappa shape index (κ1) is 48.9. The average Bonchev–Trinajstić information content (AvgIpc) is 3.61. The van der Waals surface area contributed by atoms with Crippen LogP contribution in [0.4, 0.5) is 0 Å². The van der Waals surface area contributed by atoms with Crippen LogP contribution in [0.15, 0.2) is 12.5 Å². The molecule has 0 fully saturated rings. The highest BCUT2D eigenvalue weighted by Gasteiger charge is 2.36. The number of carboxylic acids is 2. The predicted molar refractivity (Wildman–Crippen MR) is 199 cm³/mol. The van der Waals surface area contributed by atoms with Gasteiger partial charge in [0.15, 0.2) is 0 Å². The molecule has 21 nitrogen and oxygen atoms in total. The Morgan fingerprint density at radius 3 is 1.59 bits per heavy atom. The molecule has 0 aliphatic rings. The van der Waals surface area contributed by atoms with Crippen molar-refractivity contribution in [2.75, 3.05) is 6.61 Å². The van der Waals surface area contributed by atoms with Crippen LogP contribution in [0.1, 0.15) is 79.8 Å². The number of imidazole rings is 1. The van der Waals surface area contributed by atoms with Crippen molar-refractivity contribution in [3.8, 4) is 0 Å². The number of carboxylic acid groups (broad SMARTS) is 2. The summed E-state index contributed by atoms with van der Waals surface area (Å²) in [6.45, 7) is 10.6. The van der Waals surface area contributed by atoms with Gasteiger partial charge in [-0.15, -0.1) is 0 Å². The van der Waals surface area contributed by atoms with Gasteiger partial charge in [0.25, 0.3) is 0 Å². The fraction of sp³-hybridized carbons (Fsp3) is 0.686. The van der Waals surface area contributed by atoms with Crippen LogP contribution in [0.5, 0.6) is 0 Å². The molecule has 1 aromatic rings. The summed E-state index contributed by atoms with van der Waals surface area (Å²) in [6.07, 6.45) is 0.523. The van der Waals surface area contributed by atoms with E-state index in [1.165, 1.54) is 19.4 Å². The number of aromatic amines is 1. The molecule has 1 rings (SSSR count). The Labute approximate surface area is 325 Å². The number of aliphatic hydroxyl groups is 2. The van der Waals surface area contributed by atoms with Gasteiger partial charge in [-0.25, -0.2) is 9.78 Å². The first-order valence-electron chi connectivity index (χ1n) is 18.4. The molecule has 8 atom stereocenters. The predicted octanol–water partition coefficient (Wildman–Crippen LogP) is -2.74. The molecule has 6 amide bonds. The van der Waals surface area contributed by atoms with E-state index in [1.807, 2.05) is 0 Å². The summed E-state index contributed by atoms with van der Waals surface area (Å²) in [4.78, 5) is 109. The van der Waals surface area contributed by atoms with E-state index in [0.717, 1.165) is 0 Å². The number of aromatic nitrogens is 2. The van der Waals surface area contributed by atoms with Gasteiger partial charge in [0.05, 0.1) is 25.1 Å². The summed E-state index contributed by atoms with van der Waals surface area (Å²) in [5, 5.41) is 53.2. The zero-order chi connectivity index (χ0) is 42.9. The van der Waals surface area contributed by atoms with Gasteiger partial charge in [0, 0.05) is 24.7 Å². The number of rotatable bonds is 25. The fourth-order valence-corrected chi connectivity index (χ4v) is 5.35. The maximum atomic E-state index is 13.8. The largest absolute Gasteiger partial charge is 0.481 e. The molecular weight excluding hydrogens is 738 g/mol. The van der Waals surface area contributed by atoms with Gasteiger partial charge in [-0.2, -0.15) is 0 Å². The van der Waals surface area contributed by atoms with Crippen molar-refractivity contribution in [1.82, 2.24) is 41.9 Å². The molecule has 21 heteroatoms. The molecule has 0 aliphatic heterocycles. The Bertz CT molecular complexity index is 1490. The molecule has 0 aromatic carbocycles. The van der Waals surface area contributed by atoms with Gasteiger partial charge in [0.2, 0.25) is 35.4 Å². The Balaban J connectivity index is 3.29. The maximum Gasteiger partial charge on any atom is 0.326 e. The van der Waals surface area contributed by atoms with Crippen molar-refractivity contribution >= 4 is 47.4 Å². The lowest BCUT2D eigenvalue weighted by molar-refractivity contribution is -0.143. The lowest BCUT2D eigenvalue weighted by Gasteiger charge is -2.29. The second kappa shape index (κ2) is 23.7. The van der Waals surface area contributed by atoms with Crippen LogP contribution in [-0.4, -0.2) is 133 Å². The third kappa shape index (κ3) is 17.1. The zero-order valence-corrected chi connectivity index (χ0v) is 32.8. The molecule has 1 aromatic heterocycles. The van der Waals surface area contributed by atoms with Crippen molar-refractivity contribution in [2.45, 2.75) is 129 Å². The molecular formula is C35H59N9O12. The van der Waals surface area contributed by atoms with E-state index in [1.54, 1.807) is 41.5 Å². The van der Waals surface area contributed by atoms with Crippen LogP contribution in [-0.2, 0) is 44.8 Å². The van der Waals surface area contributed by atoms with Gasteiger partial charge in [0.1, 0.15) is 36.3 Å². The van der Waals surface area contributed by atoms with E-state index in [9.17, 15) is 53.7 Å². The summed E-state index contributed by atoms with van der Waals surface area (Å²) in [7, 11) is 0. The molecule has 13 N–H and O–H groups in total. The number of carbonyl (C=O) groups excluding carboxylic acids is 6. The first-order chi connectivity index (χ1) is 26.1. The number of carbonyl (C=O) groups is 8. The van der Waals surface area contributed by atoms with E-state index < -0.39 is 115 Å². The van der Waals surface area contributed by atoms with Gasteiger partial charge < -0.3 is 63.0 Å². The molecule has 56 heavy (non-hydrogen) atoms. The summed E-state index contributed by atoms with van der Waals surface area (Å²) in [5.41, 5.74) is 6.10. The van der Waals surface area contributed by atoms with Gasteiger partial charge in [-0.3, -0.25) is 33.6 Å². The van der Waals surface area contributed by atoms with Gasteiger partial charge in [-0.1, -0.05) is 41.5 Å². The molecule has 0 saturated heterocycles. The molecule has 0 aliphatic carbocycles. The highest BCUT2D eigenvalue weighted by atomic mass is 16.4. The second-order valence-electron chi connectivity index (χ2n) is 14.8. The quantitative estimate of drug-likeness (QED) is 0.0478. The lowest BCUT2D eigenvalue weighted by Crippen LogP contribution is -2.62. The number of hydrogen-bond donors (Lipinski definition) is 12. The van der Waals surface area contributed by atoms with Crippen molar-refractivity contribution in [1.29, 1.82) is 0 Å². The molecule has 8 unspecified atom stereocenters. The average molecular weight is 798 g/mol. The number of nitrogens with zero attached hydrogens (tertiary/aromatic N) is 1. The Morgan fingerprint density at radius 2 is 1.14 bits per heavy atom. The van der Waals surface area contributed by atoms with E-state index in [0.29, 0.717) is 5.69 Å². The molecule has 0 bridgehead atoms. The van der Waals surface area contributed by atoms with Crippen molar-refractivity contribution in [2.24, 2.45) is 23.5 Å². The number of aliphatic hydroxyl groups excluding tert-OH is 2. The third-order valence-electron chi connectivity index (χ3n) is 8.41. The minimum Gasteiger partial charge on any atom is -0.481 e. The number of amides is 6. The van der Waals surface area contributed by atoms with E-state index in [4.69, 9.17) is 10.8 Å². The van der Waals surface area contributed by atoms with Crippen LogP contribution in [0.2, 0.25) is 0 Å². The van der Waals surface area contributed by atoms with Crippen LogP contribution in [0.3, 0.4) is 0 Å². The SMILES string of the molecule is CC(C)CC(NC(=O)C(Cc1cnc[nH]1)NC(=O)C(CC(C)C)NC(=O)C(NC(=O)C(CO)NC(=O)C(N)CCC(=O)O)C(C)O)C(=O)NC(C(=O)O)C(C)C. The van der Waals surface area contributed by atoms with E-state index in [2.05, 4.69) is 41.9 Å². The number of H-pyrrole nitrogens is 1. The summed E-state index contributed by atoms with van der Waals surface area (Å²) in [5.74, 6) is -8.71. The minimum absolute atomic E-state index is 0.0180. The van der Waals surface area contributed by atoms with Gasteiger partial charge in [-0.05, 0) is 43.9 Å². The summed E-state index contributed by atoms with van der Waals surface area (Å²) in [6, 6.07) is -9.78. The van der Waals surface area contributed by atoms with Crippen molar-refractivity contribution < 1.29 is 58.8 Å². The van der Waals surface area contributed by atoms with Crippen LogP contribution in [0, 0.1) is 17.8 Å². The second-order valence-corrected chi connectivity index (χ2v) is 14.8. The molecule has 0 saturated carbocycles. The maximum absolute atomic E-state index is 13.8. The smallest absolute Gasteiger partial charge is 0.326 e. The van der Waals surface area contributed by atoms with Crippen LogP contribution >= 0.6 is 0 Å². The number of hydrogen-bond acceptors (Lipinski definition) is 12. The molecule has 0 spiro atoms. The molecule has 316 valence electrons. The van der Waals surface area contributed by atoms with E-state index in [-0.39, 0.29) is 37.5 Å². The van der Waals surface area contributed by atoms with Crippen LogP contribution in [0.25, 0.3) is 0 Å². The summed E-state index contributed by atoms with van der Waals surface area (Å²) >= 11 is 0.